The fourth-order valence-electron chi connectivity index (χ4n) is 1.96. The van der Waals surface area contributed by atoms with Crippen LogP contribution in [0.5, 0.6) is 5.75 Å². The number of para-hydroxylation sites is 1. The quantitative estimate of drug-likeness (QED) is 0.896. The summed E-state index contributed by atoms with van der Waals surface area (Å²) in [5, 5.41) is 11.8. The van der Waals surface area contributed by atoms with Gasteiger partial charge in [0.25, 0.3) is 5.91 Å². The molecule has 6 heteroatoms. The molecule has 1 aromatic carbocycles. The fourth-order valence-corrected chi connectivity index (χ4v) is 1.96. The van der Waals surface area contributed by atoms with Gasteiger partial charge >= 0.3 is 0 Å². The molecule has 124 valence electrons. The molecule has 0 heterocycles. The summed E-state index contributed by atoms with van der Waals surface area (Å²) in [5.74, 6) is -0.219. The van der Waals surface area contributed by atoms with Gasteiger partial charge in [0.1, 0.15) is 11.8 Å². The molecule has 0 aliphatic heterocycles. The molecule has 0 saturated heterocycles. The van der Waals surface area contributed by atoms with Crippen LogP contribution in [0.3, 0.4) is 0 Å². The number of rotatable bonds is 5. The molecule has 0 bridgehead atoms. The van der Waals surface area contributed by atoms with Gasteiger partial charge in [-0.2, -0.15) is 5.26 Å². The highest BCUT2D eigenvalue weighted by atomic mass is 16.5. The van der Waals surface area contributed by atoms with E-state index < -0.39 is 6.10 Å². The molecule has 1 atom stereocenters. The van der Waals surface area contributed by atoms with E-state index >= 15 is 0 Å². The van der Waals surface area contributed by atoms with Gasteiger partial charge in [-0.25, -0.2) is 0 Å². The molecular weight excluding hydrogens is 294 g/mol. The van der Waals surface area contributed by atoms with Gasteiger partial charge < -0.3 is 15.0 Å². The van der Waals surface area contributed by atoms with E-state index in [-0.39, 0.29) is 23.9 Å². The number of nitrogens with one attached hydrogen (secondary N) is 1. The van der Waals surface area contributed by atoms with Gasteiger partial charge in [0.15, 0.2) is 6.10 Å². The van der Waals surface area contributed by atoms with Crippen molar-refractivity contribution in [2.75, 3.05) is 13.6 Å². The van der Waals surface area contributed by atoms with Crippen LogP contribution >= 0.6 is 0 Å². The average molecular weight is 317 g/mol. The Bertz CT molecular complexity index is 614. The van der Waals surface area contributed by atoms with Crippen molar-refractivity contribution in [3.8, 4) is 11.8 Å². The van der Waals surface area contributed by atoms with Gasteiger partial charge in [0.05, 0.1) is 12.1 Å². The summed E-state index contributed by atoms with van der Waals surface area (Å²) in [7, 11) is 1.54. The summed E-state index contributed by atoms with van der Waals surface area (Å²) in [4.78, 5) is 25.5. The van der Waals surface area contributed by atoms with Crippen molar-refractivity contribution < 1.29 is 14.3 Å². The number of hydrogen-bond donors (Lipinski definition) is 1. The summed E-state index contributed by atoms with van der Waals surface area (Å²) in [6.07, 6.45) is -0.795. The average Bonchev–Trinajstić information content (AvgIpc) is 2.44. The number of carbonyl (C=O) groups is 2. The smallest absolute Gasteiger partial charge is 0.263 e. The van der Waals surface area contributed by atoms with Crippen LogP contribution < -0.4 is 10.1 Å². The van der Waals surface area contributed by atoms with Gasteiger partial charge in [-0.15, -0.1) is 0 Å². The predicted molar refractivity (Wildman–Crippen MR) is 86.8 cm³/mol. The van der Waals surface area contributed by atoms with E-state index in [1.165, 1.54) is 4.90 Å². The third kappa shape index (κ3) is 5.99. The molecule has 1 unspecified atom stereocenters. The maximum atomic E-state index is 12.3. The molecular formula is C17H23N3O3. The Morgan fingerprint density at radius 3 is 2.52 bits per heavy atom. The topological polar surface area (TPSA) is 82.4 Å². The molecule has 23 heavy (non-hydrogen) atoms. The number of ether oxygens (including phenoxy) is 1. The minimum Gasteiger partial charge on any atom is -0.480 e. The zero-order chi connectivity index (χ0) is 17.6. The Kier molecular flexibility index (Phi) is 6.14. The molecule has 0 radical (unpaired) electrons. The molecule has 1 N–H and O–H groups in total. The van der Waals surface area contributed by atoms with Gasteiger partial charge in [0.2, 0.25) is 5.91 Å². The van der Waals surface area contributed by atoms with Crippen LogP contribution in [0.2, 0.25) is 0 Å². The largest absolute Gasteiger partial charge is 0.480 e. The van der Waals surface area contributed by atoms with Gasteiger partial charge in [-0.1, -0.05) is 12.1 Å². The van der Waals surface area contributed by atoms with Crippen molar-refractivity contribution in [2.45, 2.75) is 39.3 Å². The molecule has 0 fully saturated rings. The van der Waals surface area contributed by atoms with Crippen LogP contribution in [0.15, 0.2) is 24.3 Å². The molecule has 2 amide bonds. The highest BCUT2D eigenvalue weighted by Gasteiger charge is 2.23. The van der Waals surface area contributed by atoms with Crippen molar-refractivity contribution >= 4 is 11.8 Å². The van der Waals surface area contributed by atoms with Gasteiger partial charge in [-0.3, -0.25) is 9.59 Å². The Labute approximate surface area is 137 Å². The van der Waals surface area contributed by atoms with Gasteiger partial charge in [-0.05, 0) is 39.8 Å². The molecule has 6 nitrogen and oxygen atoms in total. The fraction of sp³-hybridized carbons (Fsp3) is 0.471. The standard InChI is InChI=1S/C17H23N3O3/c1-12(23-14-9-7-6-8-13(14)10-18)16(22)20(5)11-15(21)19-17(2,3)4/h6-9,12H,11H2,1-5H3,(H,19,21). The second-order valence-corrected chi connectivity index (χ2v) is 6.36. The van der Waals surface area contributed by atoms with Crippen LogP contribution in [0.4, 0.5) is 0 Å². The first-order valence-corrected chi connectivity index (χ1v) is 7.36. The lowest BCUT2D eigenvalue weighted by atomic mass is 10.1. The lowest BCUT2D eigenvalue weighted by molar-refractivity contribution is -0.140. The van der Waals surface area contributed by atoms with E-state index in [1.807, 2.05) is 26.8 Å². The van der Waals surface area contributed by atoms with Gasteiger partial charge in [0, 0.05) is 12.6 Å². The Morgan fingerprint density at radius 2 is 1.96 bits per heavy atom. The molecule has 1 aromatic rings. The highest BCUT2D eigenvalue weighted by Crippen LogP contribution is 2.18. The second-order valence-electron chi connectivity index (χ2n) is 6.36. The van der Waals surface area contributed by atoms with Crippen molar-refractivity contribution in [3.05, 3.63) is 29.8 Å². The molecule has 0 saturated carbocycles. The van der Waals surface area contributed by atoms with E-state index in [0.717, 1.165) is 0 Å². The molecule has 0 aromatic heterocycles. The third-order valence-electron chi connectivity index (χ3n) is 2.93. The summed E-state index contributed by atoms with van der Waals surface area (Å²) in [5.41, 5.74) is 0.00901. The van der Waals surface area contributed by atoms with Crippen molar-refractivity contribution in [1.29, 1.82) is 5.26 Å². The van der Waals surface area contributed by atoms with Crippen LogP contribution in [0.25, 0.3) is 0 Å². The number of carbonyl (C=O) groups excluding carboxylic acids is 2. The number of nitriles is 1. The van der Waals surface area contributed by atoms with Crippen molar-refractivity contribution in [2.24, 2.45) is 0 Å². The summed E-state index contributed by atoms with van der Waals surface area (Å²) < 4.78 is 5.56. The van der Waals surface area contributed by atoms with E-state index in [2.05, 4.69) is 5.32 Å². The van der Waals surface area contributed by atoms with Crippen molar-refractivity contribution in [3.63, 3.8) is 0 Å². The first kappa shape index (κ1) is 18.5. The summed E-state index contributed by atoms with van der Waals surface area (Å²) >= 11 is 0. The Balaban J connectivity index is 2.66. The maximum Gasteiger partial charge on any atom is 0.263 e. The highest BCUT2D eigenvalue weighted by molar-refractivity contribution is 5.87. The Hall–Kier alpha value is -2.55. The summed E-state index contributed by atoms with van der Waals surface area (Å²) in [6, 6.07) is 8.72. The summed E-state index contributed by atoms with van der Waals surface area (Å²) in [6.45, 7) is 7.16. The number of amides is 2. The zero-order valence-corrected chi connectivity index (χ0v) is 14.2. The molecule has 0 aliphatic carbocycles. The number of benzene rings is 1. The van der Waals surface area contributed by atoms with Crippen molar-refractivity contribution in [1.82, 2.24) is 10.2 Å². The normalized spacial score (nSPS) is 12.0. The zero-order valence-electron chi connectivity index (χ0n) is 14.2. The lowest BCUT2D eigenvalue weighted by Crippen LogP contribution is -2.48. The number of nitrogens with zero attached hydrogens (tertiary/aromatic N) is 2. The SMILES string of the molecule is CC(Oc1ccccc1C#N)C(=O)N(C)CC(=O)NC(C)(C)C. The lowest BCUT2D eigenvalue weighted by Gasteiger charge is -2.25. The van der Waals surface area contributed by atoms with E-state index in [0.29, 0.717) is 11.3 Å². The molecule has 1 rings (SSSR count). The maximum absolute atomic E-state index is 12.3. The minimum atomic E-state index is -0.795. The monoisotopic (exact) mass is 317 g/mol. The van der Waals surface area contributed by atoms with Crippen LogP contribution in [0, 0.1) is 11.3 Å². The van der Waals surface area contributed by atoms with Crippen LogP contribution in [0.1, 0.15) is 33.3 Å². The van der Waals surface area contributed by atoms with E-state index in [9.17, 15) is 9.59 Å². The first-order valence-electron chi connectivity index (χ1n) is 7.36. The molecule has 0 aliphatic rings. The third-order valence-corrected chi connectivity index (χ3v) is 2.93. The minimum absolute atomic E-state index is 0.0519. The van der Waals surface area contributed by atoms with E-state index in [4.69, 9.17) is 10.00 Å². The molecule has 0 spiro atoms. The van der Waals surface area contributed by atoms with Crippen LogP contribution in [-0.4, -0.2) is 41.9 Å². The second kappa shape index (κ2) is 7.63. The predicted octanol–water partition coefficient (Wildman–Crippen LogP) is 1.70. The Morgan fingerprint density at radius 1 is 1.35 bits per heavy atom. The van der Waals surface area contributed by atoms with Crippen LogP contribution in [-0.2, 0) is 9.59 Å². The number of hydrogen-bond acceptors (Lipinski definition) is 4. The number of likely N-dealkylation sites (N-methyl/N-ethyl adjacent to an activating group) is 1. The van der Waals surface area contributed by atoms with E-state index in [1.54, 1.807) is 38.2 Å². The first-order chi connectivity index (χ1) is 10.6.